The molecule has 0 spiro atoms. The van der Waals surface area contributed by atoms with Gasteiger partial charge in [-0.2, -0.15) is 0 Å². The van der Waals surface area contributed by atoms with E-state index in [1.807, 2.05) is 0 Å². The highest BCUT2D eigenvalue weighted by atomic mass is 16.5. The van der Waals surface area contributed by atoms with Crippen LogP contribution in [0.5, 0.6) is 0 Å². The second kappa shape index (κ2) is 4.25. The summed E-state index contributed by atoms with van der Waals surface area (Å²) in [7, 11) is 0. The highest BCUT2D eigenvalue weighted by molar-refractivity contribution is 5.90. The molecule has 2 aliphatic heterocycles. The quantitative estimate of drug-likeness (QED) is 0.555. The molecule has 0 aromatic heterocycles. The molecule has 0 radical (unpaired) electrons. The van der Waals surface area contributed by atoms with E-state index in [1.54, 1.807) is 0 Å². The molecule has 0 bridgehead atoms. The van der Waals surface area contributed by atoms with E-state index in [0.717, 1.165) is 0 Å². The second-order valence-corrected chi connectivity index (χ2v) is 3.75. The zero-order chi connectivity index (χ0) is 11.7. The fourth-order valence-electron chi connectivity index (χ4n) is 1.85. The van der Waals surface area contributed by atoms with Crippen molar-refractivity contribution in [1.82, 2.24) is 10.2 Å². The fraction of sp³-hybridized carbons (Fsp3) is 0.500. The largest absolute Gasteiger partial charge is 0.394 e. The van der Waals surface area contributed by atoms with Crippen LogP contribution >= 0.6 is 0 Å². The Hall–Kier alpha value is -1.37. The number of carbonyl (C=O) groups is 1. The molecule has 0 aromatic carbocycles. The second-order valence-electron chi connectivity index (χ2n) is 3.75. The van der Waals surface area contributed by atoms with Gasteiger partial charge in [0.25, 0.3) is 5.91 Å². The van der Waals surface area contributed by atoms with Gasteiger partial charge >= 0.3 is 0 Å². The molecule has 0 aromatic rings. The fourth-order valence-corrected chi connectivity index (χ4v) is 1.85. The van der Waals surface area contributed by atoms with Gasteiger partial charge in [-0.25, -0.2) is 0 Å². The van der Waals surface area contributed by atoms with E-state index >= 15 is 0 Å². The third-order valence-corrected chi connectivity index (χ3v) is 2.68. The number of amides is 1. The minimum absolute atomic E-state index is 0.250. The van der Waals surface area contributed by atoms with Crippen molar-refractivity contribution in [3.8, 4) is 0 Å². The predicted octanol–water partition coefficient (Wildman–Crippen LogP) is -1.13. The van der Waals surface area contributed by atoms with Crippen LogP contribution in [0.1, 0.15) is 6.42 Å². The van der Waals surface area contributed by atoms with Gasteiger partial charge in [0.05, 0.1) is 12.7 Å². The topological polar surface area (TPSA) is 82.0 Å². The number of carbonyl (C=O) groups excluding carboxylic acids is 1. The predicted molar refractivity (Wildman–Crippen MR) is 54.6 cm³/mol. The van der Waals surface area contributed by atoms with Gasteiger partial charge in [-0.15, -0.1) is 0 Å². The number of nitrogens with zero attached hydrogens (tertiary/aromatic N) is 1. The van der Waals surface area contributed by atoms with E-state index in [9.17, 15) is 9.90 Å². The number of aliphatic hydroxyl groups excluding tert-OH is 2. The van der Waals surface area contributed by atoms with Crippen molar-refractivity contribution < 1.29 is 19.7 Å². The number of hydrogen-bond donors (Lipinski definition) is 3. The summed E-state index contributed by atoms with van der Waals surface area (Å²) in [6.07, 6.45) is 1.14. The van der Waals surface area contributed by atoms with E-state index in [1.165, 1.54) is 17.2 Å². The minimum atomic E-state index is -0.762. The first-order chi connectivity index (χ1) is 7.63. The number of nitrogens with one attached hydrogen (secondary N) is 1. The molecule has 2 unspecified atom stereocenters. The lowest BCUT2D eigenvalue weighted by Gasteiger charge is -2.31. The number of aliphatic hydroxyl groups is 2. The van der Waals surface area contributed by atoms with Crippen LogP contribution in [-0.2, 0) is 9.53 Å². The first-order valence-electron chi connectivity index (χ1n) is 5.03. The molecule has 1 amide bonds. The van der Waals surface area contributed by atoms with Crippen molar-refractivity contribution in [3.63, 3.8) is 0 Å². The van der Waals surface area contributed by atoms with Crippen molar-refractivity contribution in [2.24, 2.45) is 0 Å². The van der Waals surface area contributed by atoms with Crippen molar-refractivity contribution in [3.05, 3.63) is 24.7 Å². The number of ether oxygens (including phenoxy) is 1. The smallest absolute Gasteiger partial charge is 0.255 e. The normalized spacial score (nSPS) is 34.4. The summed E-state index contributed by atoms with van der Waals surface area (Å²) in [4.78, 5) is 12.9. The Morgan fingerprint density at radius 3 is 3.00 bits per heavy atom. The van der Waals surface area contributed by atoms with Gasteiger partial charge in [-0.05, 0) is 0 Å². The van der Waals surface area contributed by atoms with Crippen LogP contribution in [-0.4, -0.2) is 46.1 Å². The van der Waals surface area contributed by atoms with E-state index in [4.69, 9.17) is 9.84 Å². The first kappa shape index (κ1) is 11.1. The van der Waals surface area contributed by atoms with Crippen LogP contribution in [0.2, 0.25) is 0 Å². The van der Waals surface area contributed by atoms with Gasteiger partial charge < -0.3 is 20.3 Å². The summed E-state index contributed by atoms with van der Waals surface area (Å²) in [5, 5.41) is 21.3. The Morgan fingerprint density at radius 2 is 2.44 bits per heavy atom. The van der Waals surface area contributed by atoms with Crippen molar-refractivity contribution in [2.75, 3.05) is 6.61 Å². The van der Waals surface area contributed by atoms with Crippen molar-refractivity contribution in [1.29, 1.82) is 0 Å². The third kappa shape index (κ3) is 1.82. The Morgan fingerprint density at radius 1 is 1.69 bits per heavy atom. The van der Waals surface area contributed by atoms with Crippen LogP contribution in [0.15, 0.2) is 24.7 Å². The number of hydrogen-bond acceptors (Lipinski definition) is 5. The molecule has 0 aliphatic carbocycles. The van der Waals surface area contributed by atoms with Crippen LogP contribution in [0.25, 0.3) is 0 Å². The van der Waals surface area contributed by atoms with Gasteiger partial charge in [0.1, 0.15) is 18.2 Å². The summed E-state index contributed by atoms with van der Waals surface area (Å²) < 4.78 is 5.37. The zero-order valence-electron chi connectivity index (χ0n) is 8.67. The summed E-state index contributed by atoms with van der Waals surface area (Å²) in [5.74, 6) is 0.155. The molecular weight excluding hydrogens is 212 g/mol. The Kier molecular flexibility index (Phi) is 2.95. The molecule has 88 valence electrons. The van der Waals surface area contributed by atoms with Gasteiger partial charge in [0, 0.05) is 18.7 Å². The van der Waals surface area contributed by atoms with Crippen molar-refractivity contribution >= 4 is 5.91 Å². The van der Waals surface area contributed by atoms with Gasteiger partial charge in [-0.3, -0.25) is 9.69 Å². The first-order valence-corrected chi connectivity index (χ1v) is 5.03. The summed E-state index contributed by atoms with van der Waals surface area (Å²) in [6.45, 7) is 3.42. The molecule has 2 heterocycles. The van der Waals surface area contributed by atoms with Gasteiger partial charge in [0.2, 0.25) is 0 Å². The molecule has 0 saturated carbocycles. The summed E-state index contributed by atoms with van der Waals surface area (Å²) in [6, 6.07) is 0. The monoisotopic (exact) mass is 226 g/mol. The van der Waals surface area contributed by atoms with E-state index in [0.29, 0.717) is 5.82 Å². The lowest BCUT2D eigenvalue weighted by Crippen LogP contribution is -2.44. The average Bonchev–Trinajstić information content (AvgIpc) is 2.59. The van der Waals surface area contributed by atoms with E-state index < -0.39 is 18.4 Å². The Balaban J connectivity index is 2.11. The van der Waals surface area contributed by atoms with Crippen LogP contribution in [0.3, 0.4) is 0 Å². The maximum absolute atomic E-state index is 11.6. The standard InChI is InChI=1S/C10H14N2O4/c1-6-11-3-2-9(15)12(6)10-4-7(14)8(5-13)16-10/h2-3,7-8,10-11,13-14H,1,4-5H2/t7?,8-,10?/m1/s1. The van der Waals surface area contributed by atoms with E-state index in [-0.39, 0.29) is 18.9 Å². The van der Waals surface area contributed by atoms with E-state index in [2.05, 4.69) is 11.9 Å². The molecule has 2 aliphatic rings. The lowest BCUT2D eigenvalue weighted by atomic mass is 10.2. The van der Waals surface area contributed by atoms with Crippen molar-refractivity contribution in [2.45, 2.75) is 24.9 Å². The molecule has 6 nitrogen and oxygen atoms in total. The molecule has 6 heteroatoms. The highest BCUT2D eigenvalue weighted by Gasteiger charge is 2.39. The average molecular weight is 226 g/mol. The Bertz CT molecular complexity index is 342. The number of rotatable bonds is 2. The maximum Gasteiger partial charge on any atom is 0.255 e. The third-order valence-electron chi connectivity index (χ3n) is 2.68. The van der Waals surface area contributed by atoms with Crippen LogP contribution in [0, 0.1) is 0 Å². The maximum atomic E-state index is 11.6. The van der Waals surface area contributed by atoms with Crippen LogP contribution in [0.4, 0.5) is 0 Å². The summed E-state index contributed by atoms with van der Waals surface area (Å²) >= 11 is 0. The van der Waals surface area contributed by atoms with Gasteiger partial charge in [0.15, 0.2) is 0 Å². The molecule has 16 heavy (non-hydrogen) atoms. The lowest BCUT2D eigenvalue weighted by molar-refractivity contribution is -0.138. The Labute approximate surface area is 92.8 Å². The molecule has 3 atom stereocenters. The SMILES string of the molecule is C=C1NC=CC(=O)N1C1CC(O)[C@@H](CO)O1. The molecular formula is C10H14N2O4. The summed E-state index contributed by atoms with van der Waals surface area (Å²) in [5.41, 5.74) is 0. The van der Waals surface area contributed by atoms with Crippen LogP contribution < -0.4 is 5.32 Å². The highest BCUT2D eigenvalue weighted by Crippen LogP contribution is 2.26. The zero-order valence-corrected chi connectivity index (χ0v) is 8.67. The minimum Gasteiger partial charge on any atom is -0.394 e. The molecule has 1 saturated heterocycles. The molecule has 2 rings (SSSR count). The molecule has 3 N–H and O–H groups in total. The van der Waals surface area contributed by atoms with Gasteiger partial charge in [-0.1, -0.05) is 6.58 Å². The molecule has 1 fully saturated rings.